The summed E-state index contributed by atoms with van der Waals surface area (Å²) in [7, 11) is 1.95. The van der Waals surface area contributed by atoms with E-state index < -0.39 is 0 Å². The number of H-pyrrole nitrogens is 1. The number of carbonyl (C=O) groups is 1. The molecule has 1 aliphatic heterocycles. The zero-order valence-electron chi connectivity index (χ0n) is 15.2. The molecule has 1 aliphatic rings. The van der Waals surface area contributed by atoms with Crippen molar-refractivity contribution in [1.29, 1.82) is 0 Å². The zero-order valence-corrected chi connectivity index (χ0v) is 15.2. The van der Waals surface area contributed by atoms with Crippen LogP contribution in [0.3, 0.4) is 0 Å². The Bertz CT molecular complexity index is 1280. The van der Waals surface area contributed by atoms with Gasteiger partial charge < -0.3 is 9.88 Å². The molecular weight excluding hydrogens is 350 g/mol. The number of fused-ring (bicyclic) bond motifs is 2. The summed E-state index contributed by atoms with van der Waals surface area (Å²) in [6.07, 6.45) is 9.45. The van der Waals surface area contributed by atoms with Gasteiger partial charge in [0.25, 0.3) is 5.91 Å². The standard InChI is InChI=1S/C22H17N5O/c1-27-11-10-23-21(27)9-8-19-16-7-6-14(13-20(16)26-25-19)12-17-15-4-2-3-5-18(15)24-22(17)28/h2-13H,1H3,(H,24,28)(H,25,26). The van der Waals surface area contributed by atoms with E-state index in [9.17, 15) is 4.79 Å². The lowest BCUT2D eigenvalue weighted by Crippen LogP contribution is -2.03. The Morgan fingerprint density at radius 2 is 2.00 bits per heavy atom. The third kappa shape index (κ3) is 2.72. The molecule has 2 aromatic heterocycles. The number of nitrogens with one attached hydrogen (secondary N) is 2. The molecule has 2 aromatic carbocycles. The summed E-state index contributed by atoms with van der Waals surface area (Å²) in [6, 6.07) is 13.7. The summed E-state index contributed by atoms with van der Waals surface area (Å²) in [4.78, 5) is 16.6. The molecule has 0 fully saturated rings. The van der Waals surface area contributed by atoms with Gasteiger partial charge in [-0.15, -0.1) is 0 Å². The molecule has 2 N–H and O–H groups in total. The van der Waals surface area contributed by atoms with Crippen molar-refractivity contribution in [3.63, 3.8) is 0 Å². The van der Waals surface area contributed by atoms with E-state index in [1.807, 2.05) is 78.5 Å². The quantitative estimate of drug-likeness (QED) is 0.538. The van der Waals surface area contributed by atoms with E-state index in [1.165, 1.54) is 0 Å². The van der Waals surface area contributed by atoms with Crippen LogP contribution < -0.4 is 5.32 Å². The third-order valence-electron chi connectivity index (χ3n) is 4.89. The van der Waals surface area contributed by atoms with Crippen molar-refractivity contribution in [2.24, 2.45) is 7.05 Å². The van der Waals surface area contributed by atoms with Crippen LogP contribution in [0.4, 0.5) is 5.69 Å². The highest BCUT2D eigenvalue weighted by Gasteiger charge is 2.23. The predicted molar refractivity (Wildman–Crippen MR) is 111 cm³/mol. The molecule has 1 amide bonds. The van der Waals surface area contributed by atoms with Gasteiger partial charge in [-0.1, -0.05) is 24.3 Å². The number of hydrogen-bond donors (Lipinski definition) is 2. The topological polar surface area (TPSA) is 75.6 Å². The number of hydrogen-bond acceptors (Lipinski definition) is 3. The number of benzene rings is 2. The number of imidazole rings is 1. The molecule has 28 heavy (non-hydrogen) atoms. The second kappa shape index (κ2) is 6.35. The first-order valence-electron chi connectivity index (χ1n) is 8.95. The van der Waals surface area contributed by atoms with Crippen molar-refractivity contribution < 1.29 is 4.79 Å². The Hall–Kier alpha value is -3.93. The molecule has 6 nitrogen and oxygen atoms in total. The molecule has 0 spiro atoms. The van der Waals surface area contributed by atoms with Crippen LogP contribution in [0.2, 0.25) is 0 Å². The molecule has 0 bridgehead atoms. The van der Waals surface area contributed by atoms with Crippen molar-refractivity contribution in [3.8, 4) is 0 Å². The van der Waals surface area contributed by atoms with Crippen molar-refractivity contribution in [1.82, 2.24) is 19.7 Å². The molecule has 0 radical (unpaired) electrons. The van der Waals surface area contributed by atoms with Crippen LogP contribution in [0.5, 0.6) is 0 Å². The summed E-state index contributed by atoms with van der Waals surface area (Å²) in [6.45, 7) is 0. The Morgan fingerprint density at radius 3 is 2.86 bits per heavy atom. The van der Waals surface area contributed by atoms with Gasteiger partial charge in [0, 0.05) is 41.7 Å². The molecule has 4 aromatic rings. The highest BCUT2D eigenvalue weighted by Crippen LogP contribution is 2.33. The number of rotatable bonds is 3. The van der Waals surface area contributed by atoms with Gasteiger partial charge in [0.05, 0.1) is 11.2 Å². The van der Waals surface area contributed by atoms with Gasteiger partial charge in [0.2, 0.25) is 0 Å². The molecule has 5 rings (SSSR count). The van der Waals surface area contributed by atoms with E-state index in [1.54, 1.807) is 6.20 Å². The highest BCUT2D eigenvalue weighted by molar-refractivity contribution is 6.34. The average molecular weight is 367 g/mol. The monoisotopic (exact) mass is 367 g/mol. The maximum absolute atomic E-state index is 12.3. The first-order chi connectivity index (χ1) is 13.7. The largest absolute Gasteiger partial charge is 0.335 e. The summed E-state index contributed by atoms with van der Waals surface area (Å²) < 4.78 is 1.94. The van der Waals surface area contributed by atoms with Crippen molar-refractivity contribution in [2.75, 3.05) is 5.32 Å². The number of aromatic nitrogens is 4. The van der Waals surface area contributed by atoms with Crippen molar-refractivity contribution in [3.05, 3.63) is 77.5 Å². The number of aryl methyl sites for hydroxylation is 1. The van der Waals surface area contributed by atoms with Crippen molar-refractivity contribution >= 4 is 46.3 Å². The molecular formula is C22H17N5O. The Balaban J connectivity index is 1.50. The third-order valence-corrected chi connectivity index (χ3v) is 4.89. The molecule has 0 aliphatic carbocycles. The van der Waals surface area contributed by atoms with Gasteiger partial charge in [-0.25, -0.2) is 4.98 Å². The van der Waals surface area contributed by atoms with Crippen LogP contribution in [0.1, 0.15) is 22.6 Å². The molecule has 136 valence electrons. The van der Waals surface area contributed by atoms with Crippen LogP contribution in [0, 0.1) is 0 Å². The van der Waals surface area contributed by atoms with E-state index in [0.29, 0.717) is 5.57 Å². The lowest BCUT2D eigenvalue weighted by Gasteiger charge is -1.99. The van der Waals surface area contributed by atoms with Crippen molar-refractivity contribution in [2.45, 2.75) is 0 Å². The smallest absolute Gasteiger partial charge is 0.256 e. The Kier molecular flexibility index (Phi) is 3.69. The van der Waals surface area contributed by atoms with Crippen LogP contribution in [0.25, 0.3) is 34.7 Å². The number of aromatic amines is 1. The van der Waals surface area contributed by atoms with Crippen LogP contribution in [-0.2, 0) is 11.8 Å². The van der Waals surface area contributed by atoms with Gasteiger partial charge in [-0.05, 0) is 42.0 Å². The van der Waals surface area contributed by atoms with Gasteiger partial charge in [-0.3, -0.25) is 9.89 Å². The fraction of sp³-hybridized carbons (Fsp3) is 0.0455. The highest BCUT2D eigenvalue weighted by atomic mass is 16.2. The second-order valence-corrected chi connectivity index (χ2v) is 6.70. The van der Waals surface area contributed by atoms with Gasteiger partial charge in [0.1, 0.15) is 5.82 Å². The molecule has 6 heteroatoms. The second-order valence-electron chi connectivity index (χ2n) is 6.70. The summed E-state index contributed by atoms with van der Waals surface area (Å²) >= 11 is 0. The van der Waals surface area contributed by atoms with Gasteiger partial charge >= 0.3 is 0 Å². The normalized spacial score (nSPS) is 14.9. The summed E-state index contributed by atoms with van der Waals surface area (Å²) in [5.41, 5.74) is 5.16. The minimum atomic E-state index is -0.0791. The maximum atomic E-state index is 12.3. The molecule has 3 heterocycles. The Labute approximate surface area is 161 Å². The van der Waals surface area contributed by atoms with Gasteiger partial charge in [0.15, 0.2) is 0 Å². The summed E-state index contributed by atoms with van der Waals surface area (Å²) in [5.74, 6) is 0.785. The van der Waals surface area contributed by atoms with E-state index >= 15 is 0 Å². The zero-order chi connectivity index (χ0) is 19.1. The molecule has 0 saturated heterocycles. The van der Waals surface area contributed by atoms with Crippen LogP contribution >= 0.6 is 0 Å². The lowest BCUT2D eigenvalue weighted by atomic mass is 10.0. The molecule has 0 saturated carbocycles. The fourth-order valence-electron chi connectivity index (χ4n) is 3.42. The van der Waals surface area contributed by atoms with E-state index in [4.69, 9.17) is 0 Å². The first kappa shape index (κ1) is 16.3. The number of anilines is 1. The minimum absolute atomic E-state index is 0.0791. The summed E-state index contributed by atoms with van der Waals surface area (Å²) in [5, 5.41) is 11.4. The van der Waals surface area contributed by atoms with E-state index in [-0.39, 0.29) is 5.91 Å². The number of amides is 1. The van der Waals surface area contributed by atoms with Gasteiger partial charge in [-0.2, -0.15) is 5.10 Å². The van der Waals surface area contributed by atoms with Crippen LogP contribution in [-0.4, -0.2) is 25.7 Å². The number of carbonyl (C=O) groups excluding carboxylic acids is 1. The minimum Gasteiger partial charge on any atom is -0.335 e. The van der Waals surface area contributed by atoms with Crippen LogP contribution in [0.15, 0.2) is 54.9 Å². The van der Waals surface area contributed by atoms with E-state index in [0.717, 1.165) is 39.2 Å². The lowest BCUT2D eigenvalue weighted by molar-refractivity contribution is -0.110. The number of nitrogens with zero attached hydrogens (tertiary/aromatic N) is 3. The molecule has 0 atom stereocenters. The first-order valence-corrected chi connectivity index (χ1v) is 8.95. The number of para-hydroxylation sites is 1. The maximum Gasteiger partial charge on any atom is 0.256 e. The molecule has 0 unspecified atom stereocenters. The average Bonchev–Trinajstić information content (AvgIpc) is 3.38. The fourth-order valence-corrected chi connectivity index (χ4v) is 3.42. The van der Waals surface area contributed by atoms with E-state index in [2.05, 4.69) is 20.5 Å². The SMILES string of the molecule is Cn1ccnc1C=Cc1n[nH]c2cc(C=C3C(=O)Nc4ccccc43)ccc12. The Morgan fingerprint density at radius 1 is 1.11 bits per heavy atom. The predicted octanol–water partition coefficient (Wildman–Crippen LogP) is 3.96.